The lowest BCUT2D eigenvalue weighted by molar-refractivity contribution is 0.248. The zero-order chi connectivity index (χ0) is 13.9. The van der Waals surface area contributed by atoms with E-state index in [2.05, 4.69) is 6.07 Å². The molecule has 0 bridgehead atoms. The number of hydrogen-bond acceptors (Lipinski definition) is 4. The van der Waals surface area contributed by atoms with Gasteiger partial charge in [0.1, 0.15) is 17.6 Å². The number of hydrogen-bond donors (Lipinski definition) is 1. The van der Waals surface area contributed by atoms with Crippen LogP contribution in [0.3, 0.4) is 0 Å². The number of benzene rings is 2. The third-order valence-electron chi connectivity index (χ3n) is 3.36. The van der Waals surface area contributed by atoms with Gasteiger partial charge in [0.25, 0.3) is 0 Å². The number of nitrogens with zero attached hydrogens (tertiary/aromatic N) is 1. The number of anilines is 1. The topological polar surface area (TPSA) is 68.3 Å². The van der Waals surface area contributed by atoms with Gasteiger partial charge in [0.05, 0.1) is 24.7 Å². The quantitative estimate of drug-likeness (QED) is 0.867. The maximum absolute atomic E-state index is 9.08. The Kier molecular flexibility index (Phi) is 3.18. The molecule has 0 aliphatic carbocycles. The maximum Gasteiger partial charge on any atom is 0.137 e. The lowest BCUT2D eigenvalue weighted by Gasteiger charge is -2.12. The monoisotopic (exact) mass is 266 g/mol. The molecule has 2 aromatic rings. The van der Waals surface area contributed by atoms with Gasteiger partial charge in [-0.15, -0.1) is 0 Å². The van der Waals surface area contributed by atoms with Crippen molar-refractivity contribution >= 4 is 5.69 Å². The van der Waals surface area contributed by atoms with E-state index in [1.165, 1.54) is 0 Å². The number of nitrogens with two attached hydrogens (primary N) is 1. The second kappa shape index (κ2) is 5.14. The van der Waals surface area contributed by atoms with Crippen LogP contribution in [0.15, 0.2) is 42.5 Å². The van der Waals surface area contributed by atoms with Crippen LogP contribution in [0.4, 0.5) is 5.69 Å². The fraction of sp³-hybridized carbons (Fsp3) is 0.188. The van der Waals surface area contributed by atoms with Gasteiger partial charge < -0.3 is 15.2 Å². The van der Waals surface area contributed by atoms with Gasteiger partial charge in [0, 0.05) is 11.3 Å². The molecule has 1 aliphatic heterocycles. The predicted octanol–water partition coefficient (Wildman–Crippen LogP) is 2.70. The van der Waals surface area contributed by atoms with Crippen LogP contribution >= 0.6 is 0 Å². The average Bonchev–Trinajstić information content (AvgIpc) is 2.89. The third-order valence-corrected chi connectivity index (χ3v) is 3.36. The lowest BCUT2D eigenvalue weighted by Crippen LogP contribution is -2.12. The SMILES string of the molecule is N#Cc1cc(N)ccc1OCC1COc2ccccc21. The summed E-state index contributed by atoms with van der Waals surface area (Å²) in [5, 5.41) is 9.08. The van der Waals surface area contributed by atoms with Gasteiger partial charge in [0.15, 0.2) is 0 Å². The average molecular weight is 266 g/mol. The molecule has 1 atom stereocenters. The van der Waals surface area contributed by atoms with Crippen molar-refractivity contribution in [1.82, 2.24) is 0 Å². The molecule has 3 rings (SSSR count). The minimum Gasteiger partial charge on any atom is -0.493 e. The Morgan fingerprint density at radius 3 is 3.00 bits per heavy atom. The van der Waals surface area contributed by atoms with E-state index >= 15 is 0 Å². The number of ether oxygens (including phenoxy) is 2. The molecule has 1 aliphatic rings. The van der Waals surface area contributed by atoms with Crippen molar-refractivity contribution < 1.29 is 9.47 Å². The summed E-state index contributed by atoms with van der Waals surface area (Å²) in [4.78, 5) is 0. The molecule has 0 aromatic heterocycles. The zero-order valence-corrected chi connectivity index (χ0v) is 10.9. The number of rotatable bonds is 3. The number of nitriles is 1. The van der Waals surface area contributed by atoms with Crippen LogP contribution < -0.4 is 15.2 Å². The van der Waals surface area contributed by atoms with E-state index in [0.29, 0.717) is 30.2 Å². The number of nitrogen functional groups attached to an aromatic ring is 1. The molecule has 2 aromatic carbocycles. The fourth-order valence-corrected chi connectivity index (χ4v) is 2.32. The Morgan fingerprint density at radius 1 is 1.30 bits per heavy atom. The van der Waals surface area contributed by atoms with Crippen LogP contribution in [0.5, 0.6) is 11.5 Å². The first kappa shape index (κ1) is 12.4. The summed E-state index contributed by atoms with van der Waals surface area (Å²) in [5.74, 6) is 1.67. The van der Waals surface area contributed by atoms with E-state index < -0.39 is 0 Å². The minimum atomic E-state index is 0.190. The fourth-order valence-electron chi connectivity index (χ4n) is 2.32. The molecule has 0 saturated heterocycles. The smallest absolute Gasteiger partial charge is 0.137 e. The normalized spacial score (nSPS) is 16.1. The Balaban J connectivity index is 1.74. The summed E-state index contributed by atoms with van der Waals surface area (Å²) in [6.07, 6.45) is 0. The van der Waals surface area contributed by atoms with Gasteiger partial charge in [-0.05, 0) is 24.3 Å². The van der Waals surface area contributed by atoms with Crippen LogP contribution in [-0.2, 0) is 0 Å². The van der Waals surface area contributed by atoms with E-state index in [1.807, 2.05) is 24.3 Å². The van der Waals surface area contributed by atoms with Crippen LogP contribution in [-0.4, -0.2) is 13.2 Å². The first-order valence-electron chi connectivity index (χ1n) is 6.42. The molecule has 0 radical (unpaired) electrons. The molecule has 100 valence electrons. The van der Waals surface area contributed by atoms with Crippen molar-refractivity contribution in [1.29, 1.82) is 5.26 Å². The highest BCUT2D eigenvalue weighted by Gasteiger charge is 2.24. The molecule has 4 nitrogen and oxygen atoms in total. The molecule has 20 heavy (non-hydrogen) atoms. The van der Waals surface area contributed by atoms with E-state index in [0.717, 1.165) is 11.3 Å². The van der Waals surface area contributed by atoms with Crippen molar-refractivity contribution in [2.75, 3.05) is 18.9 Å². The Morgan fingerprint density at radius 2 is 2.15 bits per heavy atom. The van der Waals surface area contributed by atoms with Crippen molar-refractivity contribution in [2.45, 2.75) is 5.92 Å². The molecule has 0 fully saturated rings. The summed E-state index contributed by atoms with van der Waals surface area (Å²) in [7, 11) is 0. The molecule has 0 amide bonds. The summed E-state index contributed by atoms with van der Waals surface area (Å²) in [6, 6.07) is 15.1. The highest BCUT2D eigenvalue weighted by Crippen LogP contribution is 2.34. The van der Waals surface area contributed by atoms with Crippen LogP contribution in [0.25, 0.3) is 0 Å². The van der Waals surface area contributed by atoms with Crippen LogP contribution in [0, 0.1) is 11.3 Å². The van der Waals surface area contributed by atoms with E-state index in [4.69, 9.17) is 20.5 Å². The molecule has 4 heteroatoms. The highest BCUT2D eigenvalue weighted by molar-refractivity contribution is 5.53. The summed E-state index contributed by atoms with van der Waals surface area (Å²) >= 11 is 0. The summed E-state index contributed by atoms with van der Waals surface area (Å²) < 4.78 is 11.4. The predicted molar refractivity (Wildman–Crippen MR) is 75.7 cm³/mol. The second-order valence-corrected chi connectivity index (χ2v) is 4.72. The molecule has 0 spiro atoms. The molecule has 2 N–H and O–H groups in total. The number of para-hydroxylation sites is 1. The molecule has 1 heterocycles. The van der Waals surface area contributed by atoms with Gasteiger partial charge >= 0.3 is 0 Å². The van der Waals surface area contributed by atoms with E-state index in [-0.39, 0.29) is 5.92 Å². The Labute approximate surface area is 117 Å². The minimum absolute atomic E-state index is 0.190. The van der Waals surface area contributed by atoms with Gasteiger partial charge in [-0.3, -0.25) is 0 Å². The van der Waals surface area contributed by atoms with Gasteiger partial charge in [-0.1, -0.05) is 18.2 Å². The standard InChI is InChI=1S/C16H14N2O2/c17-8-11-7-13(18)5-6-15(11)19-9-12-10-20-16-4-2-1-3-14(12)16/h1-7,12H,9-10,18H2. The lowest BCUT2D eigenvalue weighted by atomic mass is 10.0. The maximum atomic E-state index is 9.08. The first-order valence-corrected chi connectivity index (χ1v) is 6.42. The Bertz CT molecular complexity index is 676. The van der Waals surface area contributed by atoms with E-state index in [9.17, 15) is 0 Å². The summed E-state index contributed by atoms with van der Waals surface area (Å²) in [6.45, 7) is 1.09. The molecular weight excluding hydrogens is 252 g/mol. The van der Waals surface area contributed by atoms with Crippen molar-refractivity contribution in [3.63, 3.8) is 0 Å². The van der Waals surface area contributed by atoms with Gasteiger partial charge in [0.2, 0.25) is 0 Å². The van der Waals surface area contributed by atoms with E-state index in [1.54, 1.807) is 18.2 Å². The van der Waals surface area contributed by atoms with Crippen molar-refractivity contribution in [3.05, 3.63) is 53.6 Å². The van der Waals surface area contributed by atoms with Crippen LogP contribution in [0.2, 0.25) is 0 Å². The largest absolute Gasteiger partial charge is 0.493 e. The first-order chi connectivity index (χ1) is 9.78. The third kappa shape index (κ3) is 2.26. The molecule has 1 unspecified atom stereocenters. The highest BCUT2D eigenvalue weighted by atomic mass is 16.5. The number of fused-ring (bicyclic) bond motifs is 1. The van der Waals surface area contributed by atoms with Gasteiger partial charge in [-0.2, -0.15) is 5.26 Å². The zero-order valence-electron chi connectivity index (χ0n) is 10.9. The summed E-state index contributed by atoms with van der Waals surface area (Å²) in [5.41, 5.74) is 7.83. The molecular formula is C16H14N2O2. The Hall–Kier alpha value is -2.67. The van der Waals surface area contributed by atoms with Gasteiger partial charge in [-0.25, -0.2) is 0 Å². The van der Waals surface area contributed by atoms with Crippen LogP contribution in [0.1, 0.15) is 17.0 Å². The second-order valence-electron chi connectivity index (χ2n) is 4.72. The molecule has 0 saturated carbocycles. The van der Waals surface area contributed by atoms with Crippen molar-refractivity contribution in [2.24, 2.45) is 0 Å². The van der Waals surface area contributed by atoms with Crippen molar-refractivity contribution in [3.8, 4) is 17.6 Å².